The smallest absolute Gasteiger partial charge is 0.260 e. The third kappa shape index (κ3) is 7.36. The maximum atomic E-state index is 12.8. The molecule has 0 aliphatic carbocycles. The zero-order chi connectivity index (χ0) is 43.9. The third-order valence-corrected chi connectivity index (χ3v) is 10.2. The van der Waals surface area contributed by atoms with Crippen molar-refractivity contribution in [2.45, 2.75) is 60.2 Å². The maximum absolute atomic E-state index is 12.8. The molecule has 5 nitrogen and oxygen atoms in total. The molecule has 0 amide bonds. The molecule has 8 heteroatoms. The van der Waals surface area contributed by atoms with Crippen LogP contribution in [0.5, 0.6) is 23.0 Å². The van der Waals surface area contributed by atoms with Gasteiger partial charge in [-0.25, -0.2) is 0 Å². The van der Waals surface area contributed by atoms with Crippen LogP contribution in [0, 0.1) is 30.2 Å². The molecule has 0 saturated carbocycles. The molecule has 5 aromatic carbocycles. The van der Waals surface area contributed by atoms with E-state index in [1.807, 2.05) is 66.7 Å². The summed E-state index contributed by atoms with van der Waals surface area (Å²) >= 11 is 0. The van der Waals surface area contributed by atoms with Gasteiger partial charge in [0.2, 0.25) is 0 Å². The molecule has 0 atom stereocenters. The van der Waals surface area contributed by atoms with E-state index in [1.54, 1.807) is 39.1 Å². The van der Waals surface area contributed by atoms with Gasteiger partial charge in [0.15, 0.2) is 0 Å². The summed E-state index contributed by atoms with van der Waals surface area (Å²) in [7, 11) is 0. The Morgan fingerprint density at radius 2 is 1.55 bits per heavy atom. The number of halogens is 1. The summed E-state index contributed by atoms with van der Waals surface area (Å²) in [6, 6.07) is 37.8. The number of aromatic nitrogens is 2. The Hall–Kier alpha value is -5.56. The number of pyridine rings is 2. The van der Waals surface area contributed by atoms with Crippen molar-refractivity contribution in [2.24, 2.45) is 5.41 Å². The SMILES string of the molecule is CC(C)(C)c1ccnc(-c2[c-]cc(F)cc2)c1.[2H]C([2H])([2H])c1cnc(-c2[c-]ccc3c2oc2cc4c(cc23)Oc2cccc3c2B4c2ccccc2O3)cc1C([2H])([2H])C(C)(C)C.[Ir]. The third-order valence-electron chi connectivity index (χ3n) is 10.2. The zero-order valence-electron chi connectivity index (χ0n) is 37.9. The second-order valence-corrected chi connectivity index (χ2v) is 16.5. The van der Waals surface area contributed by atoms with Gasteiger partial charge in [0, 0.05) is 56.0 Å². The van der Waals surface area contributed by atoms with Crippen LogP contribution < -0.4 is 25.9 Å². The predicted molar refractivity (Wildman–Crippen MR) is 229 cm³/mol. The molecule has 0 spiro atoms. The Bertz CT molecular complexity index is 3050. The Labute approximate surface area is 360 Å². The average Bonchev–Trinajstić information content (AvgIpc) is 3.60. The minimum Gasteiger partial charge on any atom is -0.501 e. The standard InChI is InChI=1S/C35H27BNO3.C15H15FN.Ir/c1-20-19-37-27(15-21(20)18-35(2,3)4)23-10-7-9-22-24-16-32-26(17-31(24)40-34(22)23)36-25-11-5-6-12-28(25)38-29-13-8-14-30(39-32)33(29)36;1-15(2,3)12-8-9-17-14(10-12)11-4-6-13(16)7-5-11;/h5-9,11-17,19H,18H2,1-4H3;4,6-10H,1-3H3;/q2*-1;/i1D3,18D2;;. The molecular formula is C50H42BFIrN2O3-2. The van der Waals surface area contributed by atoms with Crippen LogP contribution in [0.1, 0.15) is 65.1 Å². The molecule has 0 fully saturated rings. The molecule has 3 aromatic heterocycles. The van der Waals surface area contributed by atoms with Gasteiger partial charge in [0.05, 0.1) is 5.58 Å². The fourth-order valence-corrected chi connectivity index (χ4v) is 7.51. The van der Waals surface area contributed by atoms with E-state index >= 15 is 0 Å². The number of rotatable bonds is 3. The van der Waals surface area contributed by atoms with Crippen LogP contribution in [0.3, 0.4) is 0 Å². The summed E-state index contributed by atoms with van der Waals surface area (Å²) in [6.45, 7) is 9.08. The van der Waals surface area contributed by atoms with E-state index in [0.29, 0.717) is 22.4 Å². The Morgan fingerprint density at radius 3 is 2.29 bits per heavy atom. The molecule has 0 bridgehead atoms. The molecule has 0 saturated heterocycles. The fourth-order valence-electron chi connectivity index (χ4n) is 7.51. The number of furan rings is 1. The molecular weight excluding hydrogens is 899 g/mol. The minimum atomic E-state index is -2.53. The topological polar surface area (TPSA) is 57.4 Å². The van der Waals surface area contributed by atoms with E-state index < -0.39 is 18.6 Å². The Kier molecular flexibility index (Phi) is 8.64. The van der Waals surface area contributed by atoms with Gasteiger partial charge >= 0.3 is 0 Å². The first-order chi connectivity index (χ1) is 29.3. The van der Waals surface area contributed by atoms with Crippen LogP contribution in [0.4, 0.5) is 4.39 Å². The van der Waals surface area contributed by atoms with Crippen molar-refractivity contribution in [2.75, 3.05) is 0 Å². The predicted octanol–water partition coefficient (Wildman–Crippen LogP) is 11.1. The number of hydrogen-bond acceptors (Lipinski definition) is 5. The number of benzene rings is 5. The van der Waals surface area contributed by atoms with Gasteiger partial charge in [-0.1, -0.05) is 94.5 Å². The van der Waals surface area contributed by atoms with Gasteiger partial charge < -0.3 is 23.9 Å². The summed E-state index contributed by atoms with van der Waals surface area (Å²) < 4.78 is 74.2. The van der Waals surface area contributed by atoms with Crippen LogP contribution in [-0.4, -0.2) is 16.7 Å². The Balaban J connectivity index is 0.000000255. The summed E-state index contributed by atoms with van der Waals surface area (Å²) in [6.07, 6.45) is 1.09. The average molecular weight is 946 g/mol. The largest absolute Gasteiger partial charge is 0.501 e. The molecule has 10 rings (SSSR count). The zero-order valence-corrected chi connectivity index (χ0v) is 35.3. The number of aryl methyl sites for hydroxylation is 1. The van der Waals surface area contributed by atoms with Crippen LogP contribution in [0.15, 0.2) is 120 Å². The molecule has 0 unspecified atom stereocenters. The molecule has 2 aliphatic rings. The summed E-state index contributed by atoms with van der Waals surface area (Å²) in [5.74, 6) is 2.77. The first kappa shape index (κ1) is 33.4. The molecule has 1 radical (unpaired) electrons. The van der Waals surface area contributed by atoms with Gasteiger partial charge in [-0.05, 0) is 93.9 Å². The van der Waals surface area contributed by atoms with Crippen molar-refractivity contribution in [1.29, 1.82) is 0 Å². The second-order valence-electron chi connectivity index (χ2n) is 16.5. The second kappa shape index (κ2) is 15.0. The molecule has 8 aromatic rings. The Morgan fingerprint density at radius 1 is 0.776 bits per heavy atom. The van der Waals surface area contributed by atoms with E-state index in [1.165, 1.54) is 30.0 Å². The van der Waals surface area contributed by atoms with Gasteiger partial charge in [0.1, 0.15) is 28.6 Å². The summed E-state index contributed by atoms with van der Waals surface area (Å²) in [4.78, 5) is 8.81. The van der Waals surface area contributed by atoms with Crippen molar-refractivity contribution >= 4 is 45.0 Å². The molecule has 58 heavy (non-hydrogen) atoms. The van der Waals surface area contributed by atoms with Crippen molar-refractivity contribution in [1.82, 2.24) is 9.97 Å². The first-order valence-electron chi connectivity index (χ1n) is 21.4. The molecule has 291 valence electrons. The molecule has 2 aliphatic heterocycles. The first-order valence-corrected chi connectivity index (χ1v) is 18.9. The van der Waals surface area contributed by atoms with E-state index in [9.17, 15) is 4.39 Å². The maximum Gasteiger partial charge on any atom is 0.260 e. The number of hydrogen-bond donors (Lipinski definition) is 0. The van der Waals surface area contributed by atoms with Gasteiger partial charge in [-0.2, -0.15) is 0 Å². The molecule has 5 heterocycles. The summed E-state index contributed by atoms with van der Waals surface area (Å²) in [5.41, 5.74) is 7.11. The van der Waals surface area contributed by atoms with Crippen LogP contribution >= 0.6 is 0 Å². The van der Waals surface area contributed by atoms with Crippen molar-refractivity contribution in [3.8, 4) is 45.5 Å². The van der Waals surface area contributed by atoms with Gasteiger partial charge in [-0.3, -0.25) is 4.39 Å². The van der Waals surface area contributed by atoms with E-state index in [4.69, 9.17) is 20.7 Å². The number of para-hydroxylation sites is 1. The van der Waals surface area contributed by atoms with Gasteiger partial charge in [0.25, 0.3) is 6.71 Å². The monoisotopic (exact) mass is 946 g/mol. The molecule has 0 N–H and O–H groups in total. The van der Waals surface area contributed by atoms with Crippen molar-refractivity contribution < 1.29 is 45.2 Å². The summed E-state index contributed by atoms with van der Waals surface area (Å²) in [5, 5.41) is 1.67. The van der Waals surface area contributed by atoms with Crippen molar-refractivity contribution in [3.05, 3.63) is 150 Å². The van der Waals surface area contributed by atoms with Gasteiger partial charge in [-0.15, -0.1) is 48.0 Å². The van der Waals surface area contributed by atoms with E-state index in [0.717, 1.165) is 61.4 Å². The normalized spacial score (nSPS) is 14.4. The van der Waals surface area contributed by atoms with Crippen LogP contribution in [0.25, 0.3) is 44.5 Å². The number of ether oxygens (including phenoxy) is 2. The quantitative estimate of drug-likeness (QED) is 0.130. The minimum absolute atomic E-state index is 0. The number of fused-ring (bicyclic) bond motifs is 7. The van der Waals surface area contributed by atoms with Crippen LogP contribution in [0.2, 0.25) is 0 Å². The van der Waals surface area contributed by atoms with E-state index in [2.05, 4.69) is 48.9 Å². The van der Waals surface area contributed by atoms with E-state index in [-0.39, 0.29) is 49.2 Å². The number of nitrogens with zero attached hydrogens (tertiary/aromatic N) is 2. The fraction of sp³-hybridized carbons (Fsp3) is 0.200. The van der Waals surface area contributed by atoms with Crippen LogP contribution in [-0.2, 0) is 31.9 Å². The van der Waals surface area contributed by atoms with Crippen molar-refractivity contribution in [3.63, 3.8) is 0 Å².